The summed E-state index contributed by atoms with van der Waals surface area (Å²) in [7, 11) is 0. The third kappa shape index (κ3) is 3.40. The number of nitrogens with zero attached hydrogens (tertiary/aromatic N) is 4. The van der Waals surface area contributed by atoms with Crippen molar-refractivity contribution in [1.82, 2.24) is 19.5 Å². The second kappa shape index (κ2) is 7.82. The van der Waals surface area contributed by atoms with E-state index in [0.717, 1.165) is 48.1 Å². The van der Waals surface area contributed by atoms with Crippen LogP contribution in [-0.4, -0.2) is 44.6 Å². The molecule has 1 saturated heterocycles. The van der Waals surface area contributed by atoms with Crippen molar-refractivity contribution >= 4 is 22.5 Å². The summed E-state index contributed by atoms with van der Waals surface area (Å²) >= 11 is 0. The standard InChI is InChI=1S/C23H24N4O3/c1-2-23(28)26-12-5-7-17(26)11-13-29-22-10-9-21-24-15-18(27(21)25-22)20-14-16-6-3-4-8-19(16)30-20/h3-4,6,8-10,14-15,17H,2,5,7,11-13H2,1H3/t17-/m0/s1. The van der Waals surface area contributed by atoms with Gasteiger partial charge in [0.15, 0.2) is 11.4 Å². The van der Waals surface area contributed by atoms with Gasteiger partial charge in [-0.1, -0.05) is 25.1 Å². The first-order valence-electron chi connectivity index (χ1n) is 10.5. The molecule has 0 spiro atoms. The number of furan rings is 1. The van der Waals surface area contributed by atoms with E-state index in [1.54, 1.807) is 10.7 Å². The van der Waals surface area contributed by atoms with Gasteiger partial charge in [-0.25, -0.2) is 9.50 Å². The fraction of sp³-hybridized carbons (Fsp3) is 0.348. The summed E-state index contributed by atoms with van der Waals surface area (Å²) in [5.41, 5.74) is 2.34. The summed E-state index contributed by atoms with van der Waals surface area (Å²) in [4.78, 5) is 18.5. The maximum Gasteiger partial charge on any atom is 0.231 e. The molecule has 7 heteroatoms. The molecule has 1 aliphatic rings. The number of aromatic nitrogens is 3. The van der Waals surface area contributed by atoms with Crippen LogP contribution in [-0.2, 0) is 4.79 Å². The van der Waals surface area contributed by atoms with Crippen LogP contribution in [0.5, 0.6) is 5.88 Å². The van der Waals surface area contributed by atoms with Crippen LogP contribution in [0.3, 0.4) is 0 Å². The lowest BCUT2D eigenvalue weighted by Gasteiger charge is -2.24. The first-order valence-corrected chi connectivity index (χ1v) is 10.5. The highest BCUT2D eigenvalue weighted by Gasteiger charge is 2.27. The quantitative estimate of drug-likeness (QED) is 0.479. The number of amides is 1. The van der Waals surface area contributed by atoms with Gasteiger partial charge in [0.2, 0.25) is 11.8 Å². The number of carbonyl (C=O) groups excluding carboxylic acids is 1. The number of para-hydroxylation sites is 1. The van der Waals surface area contributed by atoms with Gasteiger partial charge in [0, 0.05) is 36.9 Å². The summed E-state index contributed by atoms with van der Waals surface area (Å²) in [5.74, 6) is 1.48. The molecule has 0 saturated carbocycles. The molecule has 0 N–H and O–H groups in total. The van der Waals surface area contributed by atoms with Crippen molar-refractivity contribution in [2.45, 2.75) is 38.6 Å². The van der Waals surface area contributed by atoms with Crippen molar-refractivity contribution < 1.29 is 13.9 Å². The van der Waals surface area contributed by atoms with Gasteiger partial charge in [-0.15, -0.1) is 5.10 Å². The lowest BCUT2D eigenvalue weighted by Crippen LogP contribution is -2.35. The summed E-state index contributed by atoms with van der Waals surface area (Å²) < 4.78 is 13.6. The average molecular weight is 404 g/mol. The molecule has 1 fully saturated rings. The molecule has 4 aromatic rings. The molecular formula is C23H24N4O3. The Labute approximate surface area is 174 Å². The van der Waals surface area contributed by atoms with Crippen LogP contribution in [0.25, 0.3) is 28.1 Å². The van der Waals surface area contributed by atoms with Gasteiger partial charge in [0.05, 0.1) is 12.8 Å². The Hall–Kier alpha value is -3.35. The number of rotatable bonds is 6. The predicted octanol–water partition coefficient (Wildman–Crippen LogP) is 4.31. The number of carbonyl (C=O) groups is 1. The summed E-state index contributed by atoms with van der Waals surface area (Å²) in [6, 6.07) is 13.9. The number of likely N-dealkylation sites (tertiary alicyclic amines) is 1. The molecule has 5 rings (SSSR count). The molecule has 4 heterocycles. The lowest BCUT2D eigenvalue weighted by atomic mass is 10.1. The van der Waals surface area contributed by atoms with E-state index in [0.29, 0.717) is 24.7 Å². The highest BCUT2D eigenvalue weighted by Crippen LogP contribution is 2.28. The van der Waals surface area contributed by atoms with Crippen LogP contribution in [0.1, 0.15) is 32.6 Å². The van der Waals surface area contributed by atoms with E-state index >= 15 is 0 Å². The summed E-state index contributed by atoms with van der Waals surface area (Å²) in [6.07, 6.45) is 5.24. The number of hydrogen-bond acceptors (Lipinski definition) is 5. The molecule has 0 unspecified atom stereocenters. The van der Waals surface area contributed by atoms with Gasteiger partial charge in [-0.2, -0.15) is 0 Å². The third-order valence-electron chi connectivity index (χ3n) is 5.72. The topological polar surface area (TPSA) is 72.9 Å². The zero-order valence-corrected chi connectivity index (χ0v) is 17.0. The van der Waals surface area contributed by atoms with Gasteiger partial charge >= 0.3 is 0 Å². The number of imidazole rings is 1. The van der Waals surface area contributed by atoms with Crippen LogP contribution < -0.4 is 4.74 Å². The number of ether oxygens (including phenoxy) is 1. The Morgan fingerprint density at radius 2 is 2.17 bits per heavy atom. The Morgan fingerprint density at radius 3 is 3.03 bits per heavy atom. The second-order valence-corrected chi connectivity index (χ2v) is 7.61. The first-order chi connectivity index (χ1) is 14.7. The van der Waals surface area contributed by atoms with E-state index in [4.69, 9.17) is 9.15 Å². The van der Waals surface area contributed by atoms with E-state index in [2.05, 4.69) is 10.1 Å². The van der Waals surface area contributed by atoms with Crippen LogP contribution in [0.2, 0.25) is 0 Å². The van der Waals surface area contributed by atoms with Crippen molar-refractivity contribution in [2.24, 2.45) is 0 Å². The minimum Gasteiger partial charge on any atom is -0.477 e. The van der Waals surface area contributed by atoms with Gasteiger partial charge in [0.25, 0.3) is 0 Å². The monoisotopic (exact) mass is 404 g/mol. The zero-order valence-electron chi connectivity index (χ0n) is 17.0. The van der Waals surface area contributed by atoms with Gasteiger partial charge in [0.1, 0.15) is 11.3 Å². The highest BCUT2D eigenvalue weighted by atomic mass is 16.5. The Bertz CT molecular complexity index is 1160. The fourth-order valence-electron chi connectivity index (χ4n) is 4.18. The Balaban J connectivity index is 1.32. The van der Waals surface area contributed by atoms with E-state index in [1.165, 1.54) is 0 Å². The van der Waals surface area contributed by atoms with Crippen LogP contribution in [0.4, 0.5) is 0 Å². The number of benzene rings is 1. The van der Waals surface area contributed by atoms with Crippen molar-refractivity contribution in [3.05, 3.63) is 48.7 Å². The fourth-order valence-corrected chi connectivity index (χ4v) is 4.18. The molecule has 1 amide bonds. The maximum absolute atomic E-state index is 12.1. The lowest BCUT2D eigenvalue weighted by molar-refractivity contribution is -0.131. The first kappa shape index (κ1) is 18.7. The number of hydrogen-bond donors (Lipinski definition) is 0. The SMILES string of the molecule is CCC(=O)N1CCC[C@H]1CCOc1ccc2ncc(-c3cc4ccccc4o3)n2n1. The van der Waals surface area contributed by atoms with E-state index in [1.807, 2.05) is 54.3 Å². The predicted molar refractivity (Wildman–Crippen MR) is 113 cm³/mol. The van der Waals surface area contributed by atoms with Crippen molar-refractivity contribution in [3.8, 4) is 17.3 Å². The summed E-state index contributed by atoms with van der Waals surface area (Å²) in [5, 5.41) is 5.65. The molecule has 1 aromatic carbocycles. The van der Waals surface area contributed by atoms with Gasteiger partial charge < -0.3 is 14.1 Å². The second-order valence-electron chi connectivity index (χ2n) is 7.61. The molecule has 1 atom stereocenters. The van der Waals surface area contributed by atoms with Gasteiger partial charge in [-0.05, 0) is 31.0 Å². The van der Waals surface area contributed by atoms with E-state index in [-0.39, 0.29) is 11.9 Å². The number of fused-ring (bicyclic) bond motifs is 2. The average Bonchev–Trinajstić information content (AvgIpc) is 3.50. The van der Waals surface area contributed by atoms with Crippen molar-refractivity contribution in [2.75, 3.05) is 13.2 Å². The maximum atomic E-state index is 12.1. The van der Waals surface area contributed by atoms with Crippen molar-refractivity contribution in [3.63, 3.8) is 0 Å². The summed E-state index contributed by atoms with van der Waals surface area (Å²) in [6.45, 7) is 3.29. The smallest absolute Gasteiger partial charge is 0.231 e. The van der Waals surface area contributed by atoms with Crippen LogP contribution in [0, 0.1) is 0 Å². The molecule has 1 aliphatic heterocycles. The minimum atomic E-state index is 0.228. The molecule has 3 aromatic heterocycles. The Kier molecular flexibility index (Phi) is 4.86. The molecule has 154 valence electrons. The van der Waals surface area contributed by atoms with E-state index in [9.17, 15) is 4.79 Å². The molecule has 30 heavy (non-hydrogen) atoms. The van der Waals surface area contributed by atoms with Crippen LogP contribution >= 0.6 is 0 Å². The third-order valence-corrected chi connectivity index (χ3v) is 5.72. The van der Waals surface area contributed by atoms with E-state index < -0.39 is 0 Å². The van der Waals surface area contributed by atoms with Crippen molar-refractivity contribution in [1.29, 1.82) is 0 Å². The molecular weight excluding hydrogens is 380 g/mol. The molecule has 0 bridgehead atoms. The molecule has 0 radical (unpaired) electrons. The highest BCUT2D eigenvalue weighted by molar-refractivity contribution is 5.82. The normalized spacial score (nSPS) is 16.6. The van der Waals surface area contributed by atoms with Gasteiger partial charge in [-0.3, -0.25) is 4.79 Å². The minimum absolute atomic E-state index is 0.228. The largest absolute Gasteiger partial charge is 0.477 e. The van der Waals surface area contributed by atoms with Crippen LogP contribution in [0.15, 0.2) is 53.1 Å². The zero-order chi connectivity index (χ0) is 20.5. The Morgan fingerprint density at radius 1 is 1.27 bits per heavy atom. The molecule has 0 aliphatic carbocycles. The molecule has 7 nitrogen and oxygen atoms in total.